The lowest BCUT2D eigenvalue weighted by molar-refractivity contribution is 0.132. The SMILES string of the molecule is C=C1COCCN1. The molecule has 1 aliphatic heterocycles. The molecule has 40 valence electrons. The molecule has 1 saturated heterocycles. The highest BCUT2D eigenvalue weighted by Gasteiger charge is 1.98. The average Bonchev–Trinajstić information content (AvgIpc) is 1.69. The van der Waals surface area contributed by atoms with E-state index < -0.39 is 0 Å². The van der Waals surface area contributed by atoms with Gasteiger partial charge in [0.2, 0.25) is 0 Å². The molecule has 0 aromatic carbocycles. The van der Waals surface area contributed by atoms with Gasteiger partial charge in [0.15, 0.2) is 0 Å². The normalized spacial score (nSPS) is 21.4. The van der Waals surface area contributed by atoms with Crippen LogP contribution in [-0.4, -0.2) is 19.8 Å². The van der Waals surface area contributed by atoms with Gasteiger partial charge in [-0.1, -0.05) is 6.58 Å². The van der Waals surface area contributed by atoms with Gasteiger partial charge >= 0.3 is 0 Å². The van der Waals surface area contributed by atoms with E-state index in [1.54, 1.807) is 0 Å². The first kappa shape index (κ1) is 4.65. The number of hydrogen-bond donors (Lipinski definition) is 1. The van der Waals surface area contributed by atoms with Crippen molar-refractivity contribution < 1.29 is 4.74 Å². The maximum Gasteiger partial charge on any atom is 0.0857 e. The highest BCUT2D eigenvalue weighted by atomic mass is 16.5. The number of hydrogen-bond acceptors (Lipinski definition) is 2. The number of nitrogens with one attached hydrogen (secondary N) is 1. The Hall–Kier alpha value is -0.500. The summed E-state index contributed by atoms with van der Waals surface area (Å²) in [6.45, 7) is 6.09. The molecular formula is C5H9NO. The fraction of sp³-hybridized carbons (Fsp3) is 0.600. The highest BCUT2D eigenvalue weighted by molar-refractivity contribution is 4.92. The van der Waals surface area contributed by atoms with Crippen LogP contribution in [-0.2, 0) is 4.74 Å². The lowest BCUT2D eigenvalue weighted by Crippen LogP contribution is -2.27. The van der Waals surface area contributed by atoms with Crippen molar-refractivity contribution in [2.45, 2.75) is 0 Å². The second kappa shape index (κ2) is 1.98. The predicted molar refractivity (Wildman–Crippen MR) is 28.0 cm³/mol. The minimum absolute atomic E-state index is 0.681. The minimum Gasteiger partial charge on any atom is -0.385 e. The standard InChI is InChI=1S/C5H9NO/c1-5-4-7-3-2-6-5/h6H,1-4H2. The fourth-order valence-electron chi connectivity index (χ4n) is 0.546. The van der Waals surface area contributed by atoms with Crippen molar-refractivity contribution in [1.29, 1.82) is 0 Å². The molecule has 0 unspecified atom stereocenters. The van der Waals surface area contributed by atoms with Gasteiger partial charge in [-0.3, -0.25) is 0 Å². The Morgan fingerprint density at radius 3 is 2.86 bits per heavy atom. The van der Waals surface area contributed by atoms with Gasteiger partial charge in [-0.25, -0.2) is 0 Å². The van der Waals surface area contributed by atoms with E-state index in [1.807, 2.05) is 0 Å². The molecule has 1 aliphatic rings. The molecule has 0 saturated carbocycles. The van der Waals surface area contributed by atoms with E-state index in [0.29, 0.717) is 6.61 Å². The Bertz CT molecular complexity index is 72.1. The third-order valence-corrected chi connectivity index (χ3v) is 0.898. The summed E-state index contributed by atoms with van der Waals surface area (Å²) in [4.78, 5) is 0. The first-order valence-electron chi connectivity index (χ1n) is 2.39. The summed E-state index contributed by atoms with van der Waals surface area (Å²) in [5.74, 6) is 0. The van der Waals surface area contributed by atoms with Crippen LogP contribution in [0.5, 0.6) is 0 Å². The summed E-state index contributed by atoms with van der Waals surface area (Å²) in [7, 11) is 0. The zero-order chi connectivity index (χ0) is 5.11. The minimum atomic E-state index is 0.681. The molecule has 7 heavy (non-hydrogen) atoms. The van der Waals surface area contributed by atoms with Crippen molar-refractivity contribution in [3.05, 3.63) is 12.3 Å². The fourth-order valence-corrected chi connectivity index (χ4v) is 0.546. The zero-order valence-corrected chi connectivity index (χ0v) is 4.24. The van der Waals surface area contributed by atoms with Gasteiger partial charge in [0.25, 0.3) is 0 Å². The van der Waals surface area contributed by atoms with Crippen LogP contribution in [0, 0.1) is 0 Å². The molecule has 0 amide bonds. The molecule has 1 rings (SSSR count). The van der Waals surface area contributed by atoms with Crippen molar-refractivity contribution in [1.82, 2.24) is 5.32 Å². The first-order valence-corrected chi connectivity index (χ1v) is 2.39. The van der Waals surface area contributed by atoms with E-state index in [-0.39, 0.29) is 0 Å². The van der Waals surface area contributed by atoms with Gasteiger partial charge in [0.1, 0.15) is 0 Å². The van der Waals surface area contributed by atoms with Gasteiger partial charge in [-0.15, -0.1) is 0 Å². The van der Waals surface area contributed by atoms with Crippen molar-refractivity contribution in [2.24, 2.45) is 0 Å². The lowest BCUT2D eigenvalue weighted by Gasteiger charge is -2.15. The van der Waals surface area contributed by atoms with Crippen LogP contribution < -0.4 is 5.32 Å². The molecule has 2 nitrogen and oxygen atoms in total. The molecule has 1 fully saturated rings. The van der Waals surface area contributed by atoms with Crippen LogP contribution >= 0.6 is 0 Å². The summed E-state index contributed by atoms with van der Waals surface area (Å²) >= 11 is 0. The summed E-state index contributed by atoms with van der Waals surface area (Å²) in [5.41, 5.74) is 0.992. The van der Waals surface area contributed by atoms with Crippen LogP contribution in [0.15, 0.2) is 12.3 Å². The maximum atomic E-state index is 5.02. The van der Waals surface area contributed by atoms with Crippen LogP contribution in [0.25, 0.3) is 0 Å². The Morgan fingerprint density at radius 2 is 2.57 bits per heavy atom. The molecule has 0 aromatic heterocycles. The highest BCUT2D eigenvalue weighted by Crippen LogP contribution is 1.90. The quantitative estimate of drug-likeness (QED) is 0.465. The predicted octanol–water partition coefficient (Wildman–Crippen LogP) is 0.120. The van der Waals surface area contributed by atoms with Crippen LogP contribution in [0.4, 0.5) is 0 Å². The molecule has 0 radical (unpaired) electrons. The number of morpholine rings is 1. The molecule has 0 atom stereocenters. The molecule has 2 heteroatoms. The van der Waals surface area contributed by atoms with E-state index in [9.17, 15) is 0 Å². The zero-order valence-electron chi connectivity index (χ0n) is 4.24. The topological polar surface area (TPSA) is 21.3 Å². The largest absolute Gasteiger partial charge is 0.385 e. The second-order valence-corrected chi connectivity index (χ2v) is 1.58. The third-order valence-electron chi connectivity index (χ3n) is 0.898. The smallest absolute Gasteiger partial charge is 0.0857 e. The third kappa shape index (κ3) is 1.20. The molecule has 1 heterocycles. The molecule has 0 bridgehead atoms. The number of ether oxygens (including phenoxy) is 1. The second-order valence-electron chi connectivity index (χ2n) is 1.58. The van der Waals surface area contributed by atoms with Gasteiger partial charge < -0.3 is 10.1 Å². The van der Waals surface area contributed by atoms with Gasteiger partial charge in [0, 0.05) is 12.2 Å². The average molecular weight is 99.1 g/mol. The number of rotatable bonds is 0. The van der Waals surface area contributed by atoms with Gasteiger partial charge in [0.05, 0.1) is 13.2 Å². The summed E-state index contributed by atoms with van der Waals surface area (Å²) in [6, 6.07) is 0. The maximum absolute atomic E-state index is 5.02. The van der Waals surface area contributed by atoms with E-state index in [2.05, 4.69) is 11.9 Å². The lowest BCUT2D eigenvalue weighted by atomic mass is 10.4. The molecular weight excluding hydrogens is 90.1 g/mol. The van der Waals surface area contributed by atoms with Crippen LogP contribution in [0.2, 0.25) is 0 Å². The van der Waals surface area contributed by atoms with Crippen molar-refractivity contribution >= 4 is 0 Å². The Labute approximate surface area is 43.2 Å². The molecule has 0 spiro atoms. The van der Waals surface area contributed by atoms with E-state index >= 15 is 0 Å². The monoisotopic (exact) mass is 99.1 g/mol. The molecule has 0 aromatic rings. The molecule has 1 N–H and O–H groups in total. The van der Waals surface area contributed by atoms with E-state index in [0.717, 1.165) is 18.8 Å². The van der Waals surface area contributed by atoms with Crippen LogP contribution in [0.1, 0.15) is 0 Å². The summed E-state index contributed by atoms with van der Waals surface area (Å²) in [6.07, 6.45) is 0. The van der Waals surface area contributed by atoms with Crippen molar-refractivity contribution in [3.8, 4) is 0 Å². The van der Waals surface area contributed by atoms with Crippen molar-refractivity contribution in [3.63, 3.8) is 0 Å². The van der Waals surface area contributed by atoms with Gasteiger partial charge in [-0.2, -0.15) is 0 Å². The van der Waals surface area contributed by atoms with E-state index in [4.69, 9.17) is 4.74 Å². The Kier molecular flexibility index (Phi) is 1.32. The Morgan fingerprint density at radius 1 is 1.71 bits per heavy atom. The summed E-state index contributed by atoms with van der Waals surface area (Å²) in [5, 5.41) is 3.06. The van der Waals surface area contributed by atoms with Crippen molar-refractivity contribution in [2.75, 3.05) is 19.8 Å². The van der Waals surface area contributed by atoms with Crippen LogP contribution in [0.3, 0.4) is 0 Å². The molecule has 0 aliphatic carbocycles. The van der Waals surface area contributed by atoms with E-state index in [1.165, 1.54) is 0 Å². The Balaban J connectivity index is 2.25. The van der Waals surface area contributed by atoms with Gasteiger partial charge in [-0.05, 0) is 0 Å². The summed E-state index contributed by atoms with van der Waals surface area (Å²) < 4.78 is 5.02. The first-order chi connectivity index (χ1) is 3.39.